The van der Waals surface area contributed by atoms with E-state index in [4.69, 9.17) is 5.11 Å². The molecule has 6 heteroatoms. The minimum atomic E-state index is -1.21. The summed E-state index contributed by atoms with van der Waals surface area (Å²) in [6.45, 7) is 4.83. The van der Waals surface area contributed by atoms with E-state index < -0.39 is 11.8 Å². The van der Waals surface area contributed by atoms with Gasteiger partial charge in [0.15, 0.2) is 0 Å². The Balaban J connectivity index is 2.83. The van der Waals surface area contributed by atoms with Crippen LogP contribution >= 0.6 is 0 Å². The third-order valence-corrected chi connectivity index (χ3v) is 2.62. The first-order valence-electron chi connectivity index (χ1n) is 6.00. The Bertz CT molecular complexity index is 477. The summed E-state index contributed by atoms with van der Waals surface area (Å²) in [5.74, 6) is -2.51. The highest BCUT2D eigenvalue weighted by atomic mass is 19.1. The third kappa shape index (κ3) is 4.33. The molecule has 0 aliphatic carbocycles. The highest BCUT2D eigenvalue weighted by molar-refractivity contribution is 6.01. The highest BCUT2D eigenvalue weighted by Crippen LogP contribution is 2.18. The van der Waals surface area contributed by atoms with E-state index in [1.165, 1.54) is 0 Å². The molecule has 0 heterocycles. The van der Waals surface area contributed by atoms with E-state index in [9.17, 15) is 14.0 Å². The number of halogens is 1. The first kappa shape index (κ1) is 15.1. The number of carboxylic acids is 1. The molecular formula is C13H17FN2O3. The Hall–Kier alpha value is -1.95. The van der Waals surface area contributed by atoms with Crippen molar-refractivity contribution < 1.29 is 19.1 Å². The van der Waals surface area contributed by atoms with Crippen molar-refractivity contribution in [1.82, 2.24) is 5.32 Å². The lowest BCUT2D eigenvalue weighted by Gasteiger charge is -2.14. The smallest absolute Gasteiger partial charge is 0.337 e. The van der Waals surface area contributed by atoms with Crippen molar-refractivity contribution >= 4 is 17.6 Å². The summed E-state index contributed by atoms with van der Waals surface area (Å²) in [6, 6.07) is 3.17. The number of benzene rings is 1. The maximum atomic E-state index is 13.1. The minimum Gasteiger partial charge on any atom is -0.478 e. The number of carbonyl (C=O) groups is 2. The Morgan fingerprint density at radius 3 is 2.68 bits per heavy atom. The number of hydrogen-bond donors (Lipinski definition) is 3. The summed E-state index contributed by atoms with van der Waals surface area (Å²) in [7, 11) is 0. The molecular weight excluding hydrogens is 251 g/mol. The van der Waals surface area contributed by atoms with E-state index in [0.717, 1.165) is 24.7 Å². The van der Waals surface area contributed by atoms with Gasteiger partial charge in [-0.3, -0.25) is 4.79 Å². The predicted octanol–water partition coefficient (Wildman–Crippen LogP) is 1.71. The molecule has 1 aromatic rings. The van der Waals surface area contributed by atoms with Crippen molar-refractivity contribution in [2.45, 2.75) is 13.8 Å². The van der Waals surface area contributed by atoms with Crippen LogP contribution in [-0.2, 0) is 4.79 Å². The van der Waals surface area contributed by atoms with Gasteiger partial charge in [-0.05, 0) is 24.7 Å². The SMILES string of the molecule is CCNCC(C)C(=O)Nc1cc(F)ccc1C(=O)O. The van der Waals surface area contributed by atoms with Crippen molar-refractivity contribution in [2.75, 3.05) is 18.4 Å². The van der Waals surface area contributed by atoms with E-state index in [1.54, 1.807) is 6.92 Å². The molecule has 1 rings (SSSR count). The van der Waals surface area contributed by atoms with E-state index in [2.05, 4.69) is 10.6 Å². The van der Waals surface area contributed by atoms with Crippen molar-refractivity contribution in [3.63, 3.8) is 0 Å². The number of carboxylic acid groups (broad SMARTS) is 1. The quantitative estimate of drug-likeness (QED) is 0.734. The first-order chi connectivity index (χ1) is 8.95. The van der Waals surface area contributed by atoms with Gasteiger partial charge in [0.1, 0.15) is 5.82 Å². The van der Waals surface area contributed by atoms with Crippen LogP contribution in [0.3, 0.4) is 0 Å². The lowest BCUT2D eigenvalue weighted by Crippen LogP contribution is -2.30. The van der Waals surface area contributed by atoms with E-state index in [-0.39, 0.29) is 23.1 Å². The van der Waals surface area contributed by atoms with Crippen molar-refractivity contribution in [2.24, 2.45) is 5.92 Å². The fraction of sp³-hybridized carbons (Fsp3) is 0.385. The molecule has 104 valence electrons. The summed E-state index contributed by atoms with van der Waals surface area (Å²) >= 11 is 0. The fourth-order valence-corrected chi connectivity index (χ4v) is 1.52. The summed E-state index contributed by atoms with van der Waals surface area (Å²) < 4.78 is 13.1. The minimum absolute atomic E-state index is 0.0270. The third-order valence-electron chi connectivity index (χ3n) is 2.62. The first-order valence-corrected chi connectivity index (χ1v) is 6.00. The molecule has 19 heavy (non-hydrogen) atoms. The Kier molecular flexibility index (Phi) is 5.44. The van der Waals surface area contributed by atoms with Crippen LogP contribution in [0.1, 0.15) is 24.2 Å². The van der Waals surface area contributed by atoms with Gasteiger partial charge in [-0.1, -0.05) is 13.8 Å². The molecule has 1 unspecified atom stereocenters. The van der Waals surface area contributed by atoms with Crippen LogP contribution in [0.4, 0.5) is 10.1 Å². The zero-order chi connectivity index (χ0) is 14.4. The second-order valence-corrected chi connectivity index (χ2v) is 4.19. The zero-order valence-corrected chi connectivity index (χ0v) is 10.9. The topological polar surface area (TPSA) is 78.4 Å². The number of anilines is 1. The number of amides is 1. The van der Waals surface area contributed by atoms with E-state index in [0.29, 0.717) is 6.54 Å². The lowest BCUT2D eigenvalue weighted by atomic mass is 10.1. The molecule has 3 N–H and O–H groups in total. The fourth-order valence-electron chi connectivity index (χ4n) is 1.52. The number of carbonyl (C=O) groups excluding carboxylic acids is 1. The average molecular weight is 268 g/mol. The van der Waals surface area contributed by atoms with Gasteiger partial charge < -0.3 is 15.7 Å². The highest BCUT2D eigenvalue weighted by Gasteiger charge is 2.17. The summed E-state index contributed by atoms with van der Waals surface area (Å²) in [5.41, 5.74) is -0.161. The molecule has 0 spiro atoms. The van der Waals surface area contributed by atoms with Crippen LogP contribution in [0.15, 0.2) is 18.2 Å². The molecule has 0 aromatic heterocycles. The lowest BCUT2D eigenvalue weighted by molar-refractivity contribution is -0.119. The predicted molar refractivity (Wildman–Crippen MR) is 69.7 cm³/mol. The van der Waals surface area contributed by atoms with Crippen molar-refractivity contribution in [1.29, 1.82) is 0 Å². The molecule has 0 fully saturated rings. The molecule has 0 radical (unpaired) electrons. The van der Waals surface area contributed by atoms with Gasteiger partial charge in [0.05, 0.1) is 11.3 Å². The Morgan fingerprint density at radius 1 is 1.42 bits per heavy atom. The van der Waals surface area contributed by atoms with Gasteiger partial charge in [-0.25, -0.2) is 9.18 Å². The molecule has 0 aliphatic rings. The monoisotopic (exact) mass is 268 g/mol. The molecule has 5 nitrogen and oxygen atoms in total. The van der Waals surface area contributed by atoms with Gasteiger partial charge in [0.2, 0.25) is 5.91 Å². The molecule has 0 bridgehead atoms. The van der Waals surface area contributed by atoms with Gasteiger partial charge >= 0.3 is 5.97 Å². The van der Waals surface area contributed by atoms with Crippen LogP contribution in [0.2, 0.25) is 0 Å². The summed E-state index contributed by atoms with van der Waals surface area (Å²) in [6.07, 6.45) is 0. The molecule has 1 atom stereocenters. The van der Waals surface area contributed by atoms with E-state index in [1.807, 2.05) is 6.92 Å². The normalized spacial score (nSPS) is 11.9. The number of rotatable bonds is 6. The van der Waals surface area contributed by atoms with E-state index >= 15 is 0 Å². The molecule has 0 saturated heterocycles. The number of hydrogen-bond acceptors (Lipinski definition) is 3. The molecule has 0 aliphatic heterocycles. The average Bonchev–Trinajstić information content (AvgIpc) is 2.35. The largest absolute Gasteiger partial charge is 0.478 e. The van der Waals surface area contributed by atoms with Crippen molar-refractivity contribution in [3.05, 3.63) is 29.6 Å². The van der Waals surface area contributed by atoms with Crippen LogP contribution in [0.25, 0.3) is 0 Å². The summed E-state index contributed by atoms with van der Waals surface area (Å²) in [4.78, 5) is 22.8. The van der Waals surface area contributed by atoms with Gasteiger partial charge in [-0.2, -0.15) is 0 Å². The van der Waals surface area contributed by atoms with Gasteiger partial charge in [-0.15, -0.1) is 0 Å². The number of nitrogens with one attached hydrogen (secondary N) is 2. The second kappa shape index (κ2) is 6.84. The van der Waals surface area contributed by atoms with Gasteiger partial charge in [0, 0.05) is 12.5 Å². The maximum Gasteiger partial charge on any atom is 0.337 e. The molecule has 0 saturated carbocycles. The molecule has 1 aromatic carbocycles. The zero-order valence-electron chi connectivity index (χ0n) is 10.9. The van der Waals surface area contributed by atoms with Crippen LogP contribution in [-0.4, -0.2) is 30.1 Å². The Morgan fingerprint density at radius 2 is 2.11 bits per heavy atom. The van der Waals surface area contributed by atoms with Gasteiger partial charge in [0.25, 0.3) is 0 Å². The second-order valence-electron chi connectivity index (χ2n) is 4.19. The standard InChI is InChI=1S/C13H17FN2O3/c1-3-15-7-8(2)12(17)16-11-6-9(14)4-5-10(11)13(18)19/h4-6,8,15H,3,7H2,1-2H3,(H,16,17)(H,18,19). The maximum absolute atomic E-state index is 13.1. The van der Waals surface area contributed by atoms with Crippen LogP contribution in [0, 0.1) is 11.7 Å². The van der Waals surface area contributed by atoms with Crippen LogP contribution < -0.4 is 10.6 Å². The molecule has 1 amide bonds. The summed E-state index contributed by atoms with van der Waals surface area (Å²) in [5, 5.41) is 14.4. The number of aromatic carboxylic acids is 1. The van der Waals surface area contributed by atoms with Crippen LogP contribution in [0.5, 0.6) is 0 Å². The Labute approximate surface area is 110 Å². The van der Waals surface area contributed by atoms with Crippen molar-refractivity contribution in [3.8, 4) is 0 Å².